The van der Waals surface area contributed by atoms with Gasteiger partial charge in [-0.15, -0.1) is 0 Å². The summed E-state index contributed by atoms with van der Waals surface area (Å²) in [5, 5.41) is 0. The molecule has 0 spiro atoms. The van der Waals surface area contributed by atoms with E-state index in [-0.39, 0.29) is 6.04 Å². The number of rotatable bonds is 4. The van der Waals surface area contributed by atoms with Crippen LogP contribution in [-0.4, -0.2) is 19.3 Å². The molecule has 0 saturated carbocycles. The summed E-state index contributed by atoms with van der Waals surface area (Å²) in [6.45, 7) is 10.1. The molecule has 0 heterocycles. The SMILES string of the molecule is C[C@H](N)COCCC(C)(C)C. The number of nitrogens with two attached hydrogens (primary N) is 1. The highest BCUT2D eigenvalue weighted by Crippen LogP contribution is 2.17. The van der Waals surface area contributed by atoms with E-state index in [1.54, 1.807) is 0 Å². The summed E-state index contributed by atoms with van der Waals surface area (Å²) in [5.74, 6) is 0. The van der Waals surface area contributed by atoms with Crippen LogP contribution in [0, 0.1) is 5.41 Å². The van der Waals surface area contributed by atoms with Crippen molar-refractivity contribution in [3.63, 3.8) is 0 Å². The van der Waals surface area contributed by atoms with Crippen LogP contribution in [0.25, 0.3) is 0 Å². The minimum atomic E-state index is 0.162. The molecule has 68 valence electrons. The maximum Gasteiger partial charge on any atom is 0.0614 e. The minimum absolute atomic E-state index is 0.162. The first-order chi connectivity index (χ1) is 4.92. The van der Waals surface area contributed by atoms with Gasteiger partial charge in [-0.3, -0.25) is 0 Å². The third kappa shape index (κ3) is 9.92. The second-order valence-electron chi connectivity index (χ2n) is 4.36. The quantitative estimate of drug-likeness (QED) is 0.635. The van der Waals surface area contributed by atoms with Crippen molar-refractivity contribution >= 4 is 0 Å². The van der Waals surface area contributed by atoms with Crippen molar-refractivity contribution in [2.24, 2.45) is 11.1 Å². The maximum absolute atomic E-state index is 5.52. The van der Waals surface area contributed by atoms with Crippen LogP contribution in [0.2, 0.25) is 0 Å². The zero-order valence-corrected chi connectivity index (χ0v) is 8.18. The highest BCUT2D eigenvalue weighted by atomic mass is 16.5. The first-order valence-electron chi connectivity index (χ1n) is 4.25. The second-order valence-corrected chi connectivity index (χ2v) is 4.36. The highest BCUT2D eigenvalue weighted by molar-refractivity contribution is 4.60. The molecule has 2 nitrogen and oxygen atoms in total. The van der Waals surface area contributed by atoms with Gasteiger partial charge in [0.15, 0.2) is 0 Å². The van der Waals surface area contributed by atoms with Crippen LogP contribution < -0.4 is 5.73 Å². The van der Waals surface area contributed by atoms with Gasteiger partial charge >= 0.3 is 0 Å². The summed E-state index contributed by atoms with van der Waals surface area (Å²) < 4.78 is 5.35. The van der Waals surface area contributed by atoms with Gasteiger partial charge in [-0.05, 0) is 18.8 Å². The highest BCUT2D eigenvalue weighted by Gasteiger charge is 2.09. The van der Waals surface area contributed by atoms with Crippen molar-refractivity contribution in [3.8, 4) is 0 Å². The Balaban J connectivity index is 3.15. The standard InChI is InChI=1S/C9H21NO/c1-8(10)7-11-6-5-9(2,3)4/h8H,5-7,10H2,1-4H3/t8-/m0/s1. The smallest absolute Gasteiger partial charge is 0.0614 e. The molecule has 0 unspecified atom stereocenters. The van der Waals surface area contributed by atoms with Crippen LogP contribution in [0.4, 0.5) is 0 Å². The summed E-state index contributed by atoms with van der Waals surface area (Å²) in [5.41, 5.74) is 5.89. The van der Waals surface area contributed by atoms with Gasteiger partial charge in [0, 0.05) is 12.6 Å². The van der Waals surface area contributed by atoms with E-state index in [1.165, 1.54) is 0 Å². The Morgan fingerprint density at radius 2 is 1.91 bits per heavy atom. The largest absolute Gasteiger partial charge is 0.380 e. The Labute approximate surface area is 70.1 Å². The molecule has 0 aromatic carbocycles. The average molecular weight is 159 g/mol. The molecular formula is C9H21NO. The van der Waals surface area contributed by atoms with Crippen LogP contribution in [-0.2, 0) is 4.74 Å². The Bertz CT molecular complexity index is 94.2. The van der Waals surface area contributed by atoms with Gasteiger partial charge in [0.1, 0.15) is 0 Å². The van der Waals surface area contributed by atoms with Gasteiger partial charge in [0.2, 0.25) is 0 Å². The molecule has 0 aromatic rings. The van der Waals surface area contributed by atoms with Crippen molar-refractivity contribution in [2.75, 3.05) is 13.2 Å². The van der Waals surface area contributed by atoms with Gasteiger partial charge in [-0.1, -0.05) is 20.8 Å². The van der Waals surface area contributed by atoms with E-state index in [1.807, 2.05) is 6.92 Å². The molecule has 0 aromatic heterocycles. The monoisotopic (exact) mass is 159 g/mol. The van der Waals surface area contributed by atoms with Gasteiger partial charge in [-0.2, -0.15) is 0 Å². The topological polar surface area (TPSA) is 35.2 Å². The van der Waals surface area contributed by atoms with Gasteiger partial charge in [0.05, 0.1) is 6.61 Å². The molecule has 0 aliphatic carbocycles. The summed E-state index contributed by atoms with van der Waals surface area (Å²) in [7, 11) is 0. The molecule has 0 aliphatic rings. The van der Waals surface area contributed by atoms with E-state index in [9.17, 15) is 0 Å². The first-order valence-corrected chi connectivity index (χ1v) is 4.25. The van der Waals surface area contributed by atoms with Gasteiger partial charge in [-0.25, -0.2) is 0 Å². The molecule has 1 atom stereocenters. The van der Waals surface area contributed by atoms with E-state index in [0.29, 0.717) is 12.0 Å². The van der Waals surface area contributed by atoms with Crippen LogP contribution >= 0.6 is 0 Å². The zero-order valence-electron chi connectivity index (χ0n) is 8.18. The first kappa shape index (κ1) is 10.9. The molecule has 0 amide bonds. The zero-order chi connectivity index (χ0) is 8.91. The molecule has 0 rings (SSSR count). The van der Waals surface area contributed by atoms with E-state index in [2.05, 4.69) is 20.8 Å². The van der Waals surface area contributed by atoms with E-state index < -0.39 is 0 Å². The fourth-order valence-electron chi connectivity index (χ4n) is 0.648. The van der Waals surface area contributed by atoms with E-state index in [0.717, 1.165) is 13.0 Å². The van der Waals surface area contributed by atoms with Crippen LogP contribution in [0.3, 0.4) is 0 Å². The Hall–Kier alpha value is -0.0800. The van der Waals surface area contributed by atoms with Crippen LogP contribution in [0.5, 0.6) is 0 Å². The molecule has 0 radical (unpaired) electrons. The molecule has 0 fully saturated rings. The molecule has 2 heteroatoms. The maximum atomic E-state index is 5.52. The number of hydrogen-bond acceptors (Lipinski definition) is 2. The molecular weight excluding hydrogens is 138 g/mol. The van der Waals surface area contributed by atoms with Gasteiger partial charge in [0.25, 0.3) is 0 Å². The molecule has 0 saturated heterocycles. The lowest BCUT2D eigenvalue weighted by atomic mass is 9.93. The fourth-order valence-corrected chi connectivity index (χ4v) is 0.648. The van der Waals surface area contributed by atoms with Crippen molar-refractivity contribution in [3.05, 3.63) is 0 Å². The van der Waals surface area contributed by atoms with E-state index in [4.69, 9.17) is 10.5 Å². The molecule has 2 N–H and O–H groups in total. The van der Waals surface area contributed by atoms with Crippen LogP contribution in [0.1, 0.15) is 34.1 Å². The summed E-state index contributed by atoms with van der Waals surface area (Å²) in [4.78, 5) is 0. The van der Waals surface area contributed by atoms with E-state index >= 15 is 0 Å². The lowest BCUT2D eigenvalue weighted by molar-refractivity contribution is 0.100. The van der Waals surface area contributed by atoms with Gasteiger partial charge < -0.3 is 10.5 Å². The molecule has 0 aliphatic heterocycles. The predicted molar refractivity (Wildman–Crippen MR) is 48.5 cm³/mol. The lowest BCUT2D eigenvalue weighted by Crippen LogP contribution is -2.23. The van der Waals surface area contributed by atoms with Crippen LogP contribution in [0.15, 0.2) is 0 Å². The predicted octanol–water partition coefficient (Wildman–Crippen LogP) is 1.79. The molecule has 0 bridgehead atoms. The number of hydrogen-bond donors (Lipinski definition) is 1. The minimum Gasteiger partial charge on any atom is -0.380 e. The van der Waals surface area contributed by atoms with Crippen molar-refractivity contribution in [1.82, 2.24) is 0 Å². The van der Waals surface area contributed by atoms with Crippen molar-refractivity contribution < 1.29 is 4.74 Å². The molecule has 11 heavy (non-hydrogen) atoms. The fraction of sp³-hybridized carbons (Fsp3) is 1.00. The van der Waals surface area contributed by atoms with Crippen molar-refractivity contribution in [1.29, 1.82) is 0 Å². The Kier molecular flexibility index (Phi) is 4.69. The summed E-state index contributed by atoms with van der Waals surface area (Å²) >= 11 is 0. The summed E-state index contributed by atoms with van der Waals surface area (Å²) in [6, 6.07) is 0.162. The average Bonchev–Trinajstić information content (AvgIpc) is 1.78. The Morgan fingerprint density at radius 3 is 2.27 bits per heavy atom. The Morgan fingerprint density at radius 1 is 1.36 bits per heavy atom. The van der Waals surface area contributed by atoms with Crippen molar-refractivity contribution in [2.45, 2.75) is 40.2 Å². The second kappa shape index (κ2) is 4.73. The lowest BCUT2D eigenvalue weighted by Gasteiger charge is -2.18. The third-order valence-corrected chi connectivity index (χ3v) is 1.38. The normalized spacial score (nSPS) is 15.0. The third-order valence-electron chi connectivity index (χ3n) is 1.38. The number of ether oxygens (including phenoxy) is 1. The summed E-state index contributed by atoms with van der Waals surface area (Å²) in [6.07, 6.45) is 1.10.